The van der Waals surface area contributed by atoms with E-state index in [0.29, 0.717) is 5.95 Å². The summed E-state index contributed by atoms with van der Waals surface area (Å²) in [7, 11) is 0. The minimum atomic E-state index is 0.0434. The van der Waals surface area contributed by atoms with Crippen LogP contribution in [0, 0.1) is 6.92 Å². The molecule has 0 spiro atoms. The SMILES string of the molecule is Cc1cc(=O)n(C2CCCCC2)c2nc(Nc3ccc(N4CCNCC4)cc3)ncc12. The Kier molecular flexibility index (Phi) is 5.59. The zero-order valence-corrected chi connectivity index (χ0v) is 18.1. The number of hydrogen-bond acceptors (Lipinski definition) is 6. The lowest BCUT2D eigenvalue weighted by molar-refractivity contribution is 0.353. The van der Waals surface area contributed by atoms with Crippen molar-refractivity contribution in [1.29, 1.82) is 0 Å². The monoisotopic (exact) mass is 418 g/mol. The van der Waals surface area contributed by atoms with Crippen LogP contribution in [0.4, 0.5) is 17.3 Å². The number of piperazine rings is 1. The average Bonchev–Trinajstić information content (AvgIpc) is 2.81. The molecule has 0 amide bonds. The maximum atomic E-state index is 12.9. The van der Waals surface area contributed by atoms with Crippen LogP contribution in [0.25, 0.3) is 11.0 Å². The molecule has 1 aliphatic heterocycles. The molecule has 1 aromatic carbocycles. The highest BCUT2D eigenvalue weighted by atomic mass is 16.1. The third-order valence-electron chi connectivity index (χ3n) is 6.54. The zero-order valence-electron chi connectivity index (χ0n) is 18.1. The molecule has 3 aromatic rings. The smallest absolute Gasteiger partial charge is 0.252 e. The van der Waals surface area contributed by atoms with Gasteiger partial charge >= 0.3 is 0 Å². The van der Waals surface area contributed by atoms with Crippen LogP contribution < -0.4 is 21.1 Å². The molecular formula is C24H30N6O. The third kappa shape index (κ3) is 4.14. The molecule has 31 heavy (non-hydrogen) atoms. The van der Waals surface area contributed by atoms with E-state index in [1.165, 1.54) is 24.9 Å². The fourth-order valence-electron chi connectivity index (χ4n) is 4.83. The van der Waals surface area contributed by atoms with E-state index in [2.05, 4.69) is 44.8 Å². The number of nitrogens with zero attached hydrogens (tertiary/aromatic N) is 4. The Labute approximate surface area is 182 Å². The van der Waals surface area contributed by atoms with E-state index in [1.807, 2.05) is 17.7 Å². The summed E-state index contributed by atoms with van der Waals surface area (Å²) >= 11 is 0. The van der Waals surface area contributed by atoms with Crippen molar-refractivity contribution >= 4 is 28.4 Å². The minimum absolute atomic E-state index is 0.0434. The molecule has 2 N–H and O–H groups in total. The molecule has 2 aromatic heterocycles. The van der Waals surface area contributed by atoms with Crippen LogP contribution in [-0.2, 0) is 0 Å². The van der Waals surface area contributed by atoms with Gasteiger partial charge in [-0.2, -0.15) is 4.98 Å². The van der Waals surface area contributed by atoms with E-state index in [4.69, 9.17) is 4.98 Å². The summed E-state index contributed by atoms with van der Waals surface area (Å²) in [6.45, 7) is 6.05. The summed E-state index contributed by atoms with van der Waals surface area (Å²) in [6, 6.07) is 10.4. The highest BCUT2D eigenvalue weighted by Crippen LogP contribution is 2.30. The third-order valence-corrected chi connectivity index (χ3v) is 6.54. The van der Waals surface area contributed by atoms with Crippen molar-refractivity contribution in [1.82, 2.24) is 19.9 Å². The van der Waals surface area contributed by atoms with Gasteiger partial charge in [0, 0.05) is 61.2 Å². The number of nitrogens with one attached hydrogen (secondary N) is 2. The van der Waals surface area contributed by atoms with Crippen molar-refractivity contribution < 1.29 is 0 Å². The number of aromatic nitrogens is 3. The summed E-state index contributed by atoms with van der Waals surface area (Å²) in [5.41, 5.74) is 3.89. The van der Waals surface area contributed by atoms with Gasteiger partial charge in [-0.1, -0.05) is 19.3 Å². The average molecular weight is 419 g/mol. The van der Waals surface area contributed by atoms with E-state index < -0.39 is 0 Å². The quantitative estimate of drug-likeness (QED) is 0.672. The molecule has 7 nitrogen and oxygen atoms in total. The van der Waals surface area contributed by atoms with Gasteiger partial charge in [-0.15, -0.1) is 0 Å². The molecule has 3 heterocycles. The summed E-state index contributed by atoms with van der Waals surface area (Å²) in [4.78, 5) is 24.6. The predicted molar refractivity (Wildman–Crippen MR) is 125 cm³/mol. The van der Waals surface area contributed by atoms with Gasteiger partial charge in [0.1, 0.15) is 5.65 Å². The fourth-order valence-corrected chi connectivity index (χ4v) is 4.83. The topological polar surface area (TPSA) is 75.1 Å². The Morgan fingerprint density at radius 3 is 2.55 bits per heavy atom. The van der Waals surface area contributed by atoms with Crippen molar-refractivity contribution in [3.63, 3.8) is 0 Å². The van der Waals surface area contributed by atoms with Crippen LogP contribution in [0.2, 0.25) is 0 Å². The van der Waals surface area contributed by atoms with E-state index in [0.717, 1.165) is 61.3 Å². The maximum absolute atomic E-state index is 12.9. The van der Waals surface area contributed by atoms with Crippen LogP contribution in [0.15, 0.2) is 41.3 Å². The van der Waals surface area contributed by atoms with Crippen molar-refractivity contribution in [3.05, 3.63) is 52.4 Å². The Morgan fingerprint density at radius 2 is 1.81 bits per heavy atom. The van der Waals surface area contributed by atoms with Gasteiger partial charge in [0.15, 0.2) is 0 Å². The van der Waals surface area contributed by atoms with Gasteiger partial charge in [0.25, 0.3) is 5.56 Å². The van der Waals surface area contributed by atoms with Crippen LogP contribution in [0.5, 0.6) is 0 Å². The number of anilines is 3. The zero-order chi connectivity index (χ0) is 21.2. The molecule has 5 rings (SSSR count). The van der Waals surface area contributed by atoms with Gasteiger partial charge in [-0.25, -0.2) is 4.98 Å². The Morgan fingerprint density at radius 1 is 1.06 bits per heavy atom. The van der Waals surface area contributed by atoms with Crippen molar-refractivity contribution in [2.24, 2.45) is 0 Å². The Hall–Kier alpha value is -2.93. The van der Waals surface area contributed by atoms with Gasteiger partial charge in [0.05, 0.1) is 0 Å². The fraction of sp³-hybridized carbons (Fsp3) is 0.458. The summed E-state index contributed by atoms with van der Waals surface area (Å²) in [5, 5.41) is 7.66. The highest BCUT2D eigenvalue weighted by molar-refractivity contribution is 5.79. The predicted octanol–water partition coefficient (Wildman–Crippen LogP) is 3.76. The molecule has 7 heteroatoms. The first-order valence-corrected chi connectivity index (χ1v) is 11.4. The standard InChI is InChI=1S/C24H30N6O/c1-17-15-22(31)30(20-5-3-2-4-6-20)23-21(17)16-26-24(28-23)27-18-7-9-19(10-8-18)29-13-11-25-12-14-29/h7-10,15-16,20,25H,2-6,11-14H2,1H3,(H,26,27,28). The summed E-state index contributed by atoms with van der Waals surface area (Å²) in [6.07, 6.45) is 7.51. The largest absolute Gasteiger partial charge is 0.369 e. The molecule has 1 saturated carbocycles. The molecule has 0 unspecified atom stereocenters. The molecule has 2 fully saturated rings. The number of benzene rings is 1. The lowest BCUT2D eigenvalue weighted by Gasteiger charge is -2.29. The number of pyridine rings is 1. The second kappa shape index (κ2) is 8.67. The molecule has 162 valence electrons. The summed E-state index contributed by atoms with van der Waals surface area (Å²) < 4.78 is 1.90. The van der Waals surface area contributed by atoms with E-state index in [1.54, 1.807) is 6.07 Å². The number of fused-ring (bicyclic) bond motifs is 1. The number of rotatable bonds is 4. The van der Waals surface area contributed by atoms with Gasteiger partial charge in [0.2, 0.25) is 5.95 Å². The highest BCUT2D eigenvalue weighted by Gasteiger charge is 2.20. The summed E-state index contributed by atoms with van der Waals surface area (Å²) in [5.74, 6) is 0.525. The van der Waals surface area contributed by atoms with E-state index in [-0.39, 0.29) is 11.6 Å². The molecular weight excluding hydrogens is 388 g/mol. The first kappa shape index (κ1) is 20.0. The van der Waals surface area contributed by atoms with Gasteiger partial charge < -0.3 is 15.5 Å². The number of hydrogen-bond donors (Lipinski definition) is 2. The first-order chi connectivity index (χ1) is 15.2. The molecule has 0 bridgehead atoms. The Balaban J connectivity index is 1.44. The molecule has 1 aliphatic carbocycles. The molecule has 1 saturated heterocycles. The van der Waals surface area contributed by atoms with Crippen molar-refractivity contribution in [2.45, 2.75) is 45.1 Å². The maximum Gasteiger partial charge on any atom is 0.252 e. The van der Waals surface area contributed by atoms with Crippen LogP contribution in [0.1, 0.15) is 43.7 Å². The molecule has 2 aliphatic rings. The van der Waals surface area contributed by atoms with Gasteiger partial charge in [-0.05, 0) is 49.6 Å². The number of aryl methyl sites for hydroxylation is 1. The minimum Gasteiger partial charge on any atom is -0.369 e. The Bertz CT molecular complexity index is 1110. The second-order valence-corrected chi connectivity index (χ2v) is 8.67. The first-order valence-electron chi connectivity index (χ1n) is 11.4. The van der Waals surface area contributed by atoms with Crippen molar-refractivity contribution in [2.75, 3.05) is 36.4 Å². The van der Waals surface area contributed by atoms with Gasteiger partial charge in [-0.3, -0.25) is 9.36 Å². The van der Waals surface area contributed by atoms with E-state index in [9.17, 15) is 4.79 Å². The van der Waals surface area contributed by atoms with Crippen molar-refractivity contribution in [3.8, 4) is 0 Å². The van der Waals surface area contributed by atoms with Crippen LogP contribution >= 0.6 is 0 Å². The lowest BCUT2D eigenvalue weighted by atomic mass is 9.95. The normalized spacial score (nSPS) is 17.8. The van der Waals surface area contributed by atoms with Crippen LogP contribution in [0.3, 0.4) is 0 Å². The van der Waals surface area contributed by atoms with Crippen LogP contribution in [-0.4, -0.2) is 40.7 Å². The van der Waals surface area contributed by atoms with E-state index >= 15 is 0 Å². The second-order valence-electron chi connectivity index (χ2n) is 8.67. The lowest BCUT2D eigenvalue weighted by Crippen LogP contribution is -2.43. The molecule has 0 radical (unpaired) electrons. The molecule has 0 atom stereocenters.